The Morgan fingerprint density at radius 1 is 1.15 bits per heavy atom. The Morgan fingerprint density at radius 2 is 1.89 bits per heavy atom. The topological polar surface area (TPSA) is 60.9 Å². The summed E-state index contributed by atoms with van der Waals surface area (Å²) in [5.74, 6) is -0.751. The van der Waals surface area contributed by atoms with Crippen LogP contribution < -0.4 is 0 Å². The van der Waals surface area contributed by atoms with Gasteiger partial charge in [-0.3, -0.25) is 14.4 Å². The van der Waals surface area contributed by atoms with Gasteiger partial charge in [0.2, 0.25) is 17.7 Å². The maximum Gasteiger partial charge on any atom is 0.245 e. The summed E-state index contributed by atoms with van der Waals surface area (Å²) < 4.78 is 14.0. The molecule has 0 saturated carbocycles. The van der Waals surface area contributed by atoms with Gasteiger partial charge in [-0.2, -0.15) is 0 Å². The molecule has 1 aromatic rings. The molecule has 0 aliphatic carbocycles. The maximum absolute atomic E-state index is 14.0. The van der Waals surface area contributed by atoms with Gasteiger partial charge in [-0.25, -0.2) is 4.39 Å². The van der Waals surface area contributed by atoms with Gasteiger partial charge in [0.05, 0.1) is 13.1 Å². The number of nitrogens with zero attached hydrogens (tertiary/aromatic N) is 3. The van der Waals surface area contributed by atoms with Crippen LogP contribution in [-0.4, -0.2) is 64.6 Å². The summed E-state index contributed by atoms with van der Waals surface area (Å²) in [5, 5.41) is 0.236. The molecule has 27 heavy (non-hydrogen) atoms. The quantitative estimate of drug-likeness (QED) is 0.740. The predicted octanol–water partition coefficient (Wildman–Crippen LogP) is 2.05. The van der Waals surface area contributed by atoms with Crippen LogP contribution in [0, 0.1) is 5.82 Å². The van der Waals surface area contributed by atoms with Crippen molar-refractivity contribution in [2.45, 2.75) is 38.8 Å². The highest BCUT2D eigenvalue weighted by Gasteiger charge is 2.36. The van der Waals surface area contributed by atoms with Crippen molar-refractivity contribution < 1.29 is 18.8 Å². The average molecular weight is 396 g/mol. The van der Waals surface area contributed by atoms with Crippen LogP contribution in [0.2, 0.25) is 5.02 Å². The van der Waals surface area contributed by atoms with E-state index in [9.17, 15) is 18.8 Å². The molecule has 0 unspecified atom stereocenters. The number of carbonyl (C=O) groups excluding carboxylic acids is 3. The summed E-state index contributed by atoms with van der Waals surface area (Å²) in [7, 11) is 0. The fourth-order valence-electron chi connectivity index (χ4n) is 3.61. The summed E-state index contributed by atoms with van der Waals surface area (Å²) in [6, 6.07) is 3.66. The van der Waals surface area contributed by atoms with Crippen molar-refractivity contribution in [3.05, 3.63) is 34.6 Å². The average Bonchev–Trinajstić information content (AvgIpc) is 3.03. The lowest BCUT2D eigenvalue weighted by molar-refractivity contribution is -0.155. The van der Waals surface area contributed by atoms with Crippen molar-refractivity contribution in [1.29, 1.82) is 0 Å². The van der Waals surface area contributed by atoms with Crippen molar-refractivity contribution in [2.24, 2.45) is 0 Å². The van der Waals surface area contributed by atoms with Gasteiger partial charge in [0.25, 0.3) is 0 Å². The van der Waals surface area contributed by atoms with Crippen molar-refractivity contribution in [2.75, 3.05) is 26.2 Å². The number of likely N-dealkylation sites (tertiary alicyclic amines) is 1. The number of benzene rings is 1. The molecule has 0 aromatic heterocycles. The van der Waals surface area contributed by atoms with Crippen molar-refractivity contribution in [3.8, 4) is 0 Å². The van der Waals surface area contributed by atoms with Crippen LogP contribution in [0.4, 0.5) is 4.39 Å². The van der Waals surface area contributed by atoms with E-state index in [1.807, 2.05) is 0 Å². The SMILES string of the molecule is C[C@H]1C(=O)N(CCCN2CCCC2=O)CC(=O)N1Cc1c(F)cccc1Cl. The highest BCUT2D eigenvalue weighted by atomic mass is 35.5. The molecule has 8 heteroatoms. The molecule has 1 aromatic carbocycles. The van der Waals surface area contributed by atoms with Crippen LogP contribution >= 0.6 is 11.6 Å². The van der Waals surface area contributed by atoms with Gasteiger partial charge in [0.1, 0.15) is 11.9 Å². The number of hydrogen-bond donors (Lipinski definition) is 0. The van der Waals surface area contributed by atoms with Gasteiger partial charge in [0.15, 0.2) is 0 Å². The Hall–Kier alpha value is -2.15. The van der Waals surface area contributed by atoms with E-state index in [1.54, 1.807) is 17.9 Å². The van der Waals surface area contributed by atoms with E-state index in [1.165, 1.54) is 21.9 Å². The number of piperazine rings is 1. The minimum atomic E-state index is -0.685. The highest BCUT2D eigenvalue weighted by molar-refractivity contribution is 6.31. The van der Waals surface area contributed by atoms with Gasteiger partial charge >= 0.3 is 0 Å². The second-order valence-electron chi connectivity index (χ2n) is 7.00. The van der Waals surface area contributed by atoms with E-state index in [0.717, 1.165) is 13.0 Å². The summed E-state index contributed by atoms with van der Waals surface area (Å²) in [6.07, 6.45) is 2.10. The Labute approximate surface area is 162 Å². The molecule has 146 valence electrons. The third kappa shape index (κ3) is 4.24. The standard InChI is InChI=1S/C19H23ClFN3O3/c1-13-19(27)23(10-4-9-22-8-3-7-17(22)25)12-18(26)24(13)11-14-15(20)5-2-6-16(14)21/h2,5-6,13H,3-4,7-12H2,1H3/t13-/m0/s1. The number of carbonyl (C=O) groups is 3. The van der Waals surface area contributed by atoms with Crippen LogP contribution in [0.25, 0.3) is 0 Å². The van der Waals surface area contributed by atoms with Crippen molar-refractivity contribution in [1.82, 2.24) is 14.7 Å². The molecule has 2 aliphatic heterocycles. The largest absolute Gasteiger partial charge is 0.343 e. The van der Waals surface area contributed by atoms with E-state index < -0.39 is 11.9 Å². The van der Waals surface area contributed by atoms with Gasteiger partial charge < -0.3 is 14.7 Å². The molecule has 2 fully saturated rings. The lowest BCUT2D eigenvalue weighted by atomic mass is 10.1. The Bertz CT molecular complexity index is 737. The minimum Gasteiger partial charge on any atom is -0.343 e. The monoisotopic (exact) mass is 395 g/mol. The highest BCUT2D eigenvalue weighted by Crippen LogP contribution is 2.24. The number of halogens is 2. The second kappa shape index (κ2) is 8.25. The molecular weight excluding hydrogens is 373 g/mol. The minimum absolute atomic E-state index is 0.0344. The summed E-state index contributed by atoms with van der Waals surface area (Å²) in [4.78, 5) is 41.5. The molecule has 0 bridgehead atoms. The number of rotatable bonds is 6. The Balaban J connectivity index is 1.59. The normalized spacial score (nSPS) is 20.8. The van der Waals surface area contributed by atoms with Crippen LogP contribution in [0.3, 0.4) is 0 Å². The van der Waals surface area contributed by atoms with Gasteiger partial charge in [-0.05, 0) is 31.9 Å². The van der Waals surface area contributed by atoms with Gasteiger partial charge in [-0.15, -0.1) is 0 Å². The third-order valence-electron chi connectivity index (χ3n) is 5.20. The zero-order valence-electron chi connectivity index (χ0n) is 15.3. The molecule has 0 spiro atoms. The van der Waals surface area contributed by atoms with Gasteiger partial charge in [0, 0.05) is 36.6 Å². The maximum atomic E-state index is 14.0. The molecule has 0 radical (unpaired) electrons. The Morgan fingerprint density at radius 3 is 2.56 bits per heavy atom. The lowest BCUT2D eigenvalue weighted by Gasteiger charge is -2.39. The zero-order valence-corrected chi connectivity index (χ0v) is 16.0. The van der Waals surface area contributed by atoms with Crippen LogP contribution in [0.1, 0.15) is 31.7 Å². The van der Waals surface area contributed by atoms with E-state index in [-0.39, 0.29) is 41.4 Å². The molecule has 0 N–H and O–H groups in total. The Kier molecular flexibility index (Phi) is 5.99. The summed E-state index contributed by atoms with van der Waals surface area (Å²) in [6.45, 7) is 3.35. The second-order valence-corrected chi connectivity index (χ2v) is 7.40. The first-order valence-electron chi connectivity index (χ1n) is 9.17. The fourth-order valence-corrected chi connectivity index (χ4v) is 3.83. The van der Waals surface area contributed by atoms with Gasteiger partial charge in [-0.1, -0.05) is 17.7 Å². The van der Waals surface area contributed by atoms with Crippen molar-refractivity contribution >= 4 is 29.3 Å². The molecule has 2 saturated heterocycles. The first-order chi connectivity index (χ1) is 12.9. The number of amides is 3. The smallest absolute Gasteiger partial charge is 0.245 e. The molecule has 2 aliphatic rings. The zero-order chi connectivity index (χ0) is 19.6. The predicted molar refractivity (Wildman–Crippen MR) is 98.4 cm³/mol. The molecule has 3 rings (SSSR count). The van der Waals surface area contributed by atoms with E-state index in [2.05, 4.69) is 0 Å². The molecule has 2 heterocycles. The lowest BCUT2D eigenvalue weighted by Crippen LogP contribution is -2.58. The number of hydrogen-bond acceptors (Lipinski definition) is 3. The third-order valence-corrected chi connectivity index (χ3v) is 5.55. The van der Waals surface area contributed by atoms with Crippen LogP contribution in [-0.2, 0) is 20.9 Å². The molecular formula is C19H23ClFN3O3. The van der Waals surface area contributed by atoms with E-state index in [0.29, 0.717) is 25.9 Å². The molecule has 3 amide bonds. The molecule has 1 atom stereocenters. The van der Waals surface area contributed by atoms with E-state index >= 15 is 0 Å². The first-order valence-corrected chi connectivity index (χ1v) is 9.55. The van der Waals surface area contributed by atoms with Crippen LogP contribution in [0.15, 0.2) is 18.2 Å². The summed E-state index contributed by atoms with van der Waals surface area (Å²) in [5.41, 5.74) is 0.216. The van der Waals surface area contributed by atoms with E-state index in [4.69, 9.17) is 11.6 Å². The first kappa shape index (κ1) is 19.6. The van der Waals surface area contributed by atoms with Crippen LogP contribution in [0.5, 0.6) is 0 Å². The van der Waals surface area contributed by atoms with Crippen molar-refractivity contribution in [3.63, 3.8) is 0 Å². The molecule has 6 nitrogen and oxygen atoms in total. The fraction of sp³-hybridized carbons (Fsp3) is 0.526. The summed E-state index contributed by atoms with van der Waals surface area (Å²) >= 11 is 6.05.